The van der Waals surface area contributed by atoms with E-state index in [9.17, 15) is 14.7 Å². The zero-order chi connectivity index (χ0) is 23.9. The molecule has 3 heterocycles. The third-order valence-electron chi connectivity index (χ3n) is 8.59. The smallest absolute Gasteiger partial charge is 0.327 e. The summed E-state index contributed by atoms with van der Waals surface area (Å²) in [6.07, 6.45) is 2.35. The Morgan fingerprint density at radius 2 is 1.86 bits per heavy atom. The third-order valence-corrected chi connectivity index (χ3v) is 9.64. The summed E-state index contributed by atoms with van der Waals surface area (Å²) in [6.45, 7) is 0.259. The lowest BCUT2D eigenvalue weighted by atomic mass is 9.62. The molecule has 2 N–H and O–H groups in total. The van der Waals surface area contributed by atoms with Gasteiger partial charge in [0.2, 0.25) is 5.91 Å². The van der Waals surface area contributed by atoms with Gasteiger partial charge in [-0.25, -0.2) is 0 Å². The van der Waals surface area contributed by atoms with Crippen molar-refractivity contribution in [1.29, 1.82) is 0 Å². The van der Waals surface area contributed by atoms with Crippen molar-refractivity contribution in [3.05, 3.63) is 33.4 Å². The van der Waals surface area contributed by atoms with Gasteiger partial charge < -0.3 is 24.6 Å². The number of amides is 1. The second-order valence-electron chi connectivity index (χ2n) is 10.7. The van der Waals surface area contributed by atoms with Gasteiger partial charge in [-0.2, -0.15) is 5.06 Å². The number of aliphatic hydroxyl groups is 1. The van der Waals surface area contributed by atoms with Crippen LogP contribution in [0.3, 0.4) is 0 Å². The second-order valence-corrected chi connectivity index (χ2v) is 11.9. The van der Waals surface area contributed by atoms with E-state index in [1.807, 2.05) is 24.3 Å². The Hall–Kier alpha value is -1.31. The molecule has 35 heavy (non-hydrogen) atoms. The number of aliphatic hydroxyl groups excluding tert-OH is 1. The summed E-state index contributed by atoms with van der Waals surface area (Å²) in [5.41, 5.74) is -0.179. The maximum absolute atomic E-state index is 13.8. The van der Waals surface area contributed by atoms with E-state index >= 15 is 0 Å². The minimum absolute atomic E-state index is 0.107. The quantitative estimate of drug-likeness (QED) is 0.361. The number of carbonyl (C=O) groups is 2. The summed E-state index contributed by atoms with van der Waals surface area (Å²) < 4.78 is 20.5. The SMILES string of the molecule is O=C1OC2CC3(C(=O)NCCO)C(ON(Cc4ccccc4I)C13)C1OC(C3CC3)(C3CC3)OC21. The Kier molecular flexibility index (Phi) is 5.28. The van der Waals surface area contributed by atoms with Crippen LogP contribution < -0.4 is 5.32 Å². The minimum atomic E-state index is -1.18. The molecule has 0 radical (unpaired) electrons. The Labute approximate surface area is 216 Å². The molecule has 3 aliphatic carbocycles. The number of nitrogens with one attached hydrogen (secondary N) is 1. The predicted molar refractivity (Wildman–Crippen MR) is 128 cm³/mol. The molecule has 3 aliphatic heterocycles. The van der Waals surface area contributed by atoms with Crippen LogP contribution in [0.15, 0.2) is 24.3 Å². The molecule has 6 fully saturated rings. The van der Waals surface area contributed by atoms with Gasteiger partial charge in [0, 0.05) is 28.4 Å². The van der Waals surface area contributed by atoms with E-state index in [2.05, 4.69) is 27.9 Å². The Bertz CT molecular complexity index is 1050. The van der Waals surface area contributed by atoms with E-state index < -0.39 is 47.6 Å². The molecule has 3 saturated heterocycles. The first-order valence-electron chi connectivity index (χ1n) is 12.6. The highest BCUT2D eigenvalue weighted by Gasteiger charge is 2.78. The molecule has 1 aromatic rings. The van der Waals surface area contributed by atoms with Crippen LogP contribution in [-0.2, 0) is 35.2 Å². The van der Waals surface area contributed by atoms with E-state index in [1.165, 1.54) is 0 Å². The van der Waals surface area contributed by atoms with Crippen LogP contribution in [0.25, 0.3) is 0 Å². The van der Waals surface area contributed by atoms with Crippen molar-refractivity contribution in [3.8, 4) is 0 Å². The zero-order valence-corrected chi connectivity index (χ0v) is 21.4. The number of hydroxylamine groups is 2. The number of hydrogen-bond acceptors (Lipinski definition) is 8. The lowest BCUT2D eigenvalue weighted by Gasteiger charge is -2.48. The van der Waals surface area contributed by atoms with Gasteiger partial charge in [0.15, 0.2) is 11.8 Å². The second kappa shape index (κ2) is 8.09. The van der Waals surface area contributed by atoms with Crippen molar-refractivity contribution in [2.24, 2.45) is 17.3 Å². The minimum Gasteiger partial charge on any atom is -0.458 e. The molecule has 188 valence electrons. The first-order valence-corrected chi connectivity index (χ1v) is 13.7. The number of benzene rings is 1. The lowest BCUT2D eigenvalue weighted by Crippen LogP contribution is -2.69. The van der Waals surface area contributed by atoms with Crippen LogP contribution in [-0.4, -0.2) is 71.4 Å². The Morgan fingerprint density at radius 1 is 1.14 bits per heavy atom. The molecule has 0 spiro atoms. The topological polar surface area (TPSA) is 107 Å². The van der Waals surface area contributed by atoms with E-state index in [1.54, 1.807) is 5.06 Å². The molecule has 0 aromatic heterocycles. The summed E-state index contributed by atoms with van der Waals surface area (Å²) in [4.78, 5) is 33.8. The normalized spacial score (nSPS) is 39.3. The molecular weight excluding hydrogens is 567 g/mol. The molecule has 6 unspecified atom stereocenters. The average molecular weight is 596 g/mol. The van der Waals surface area contributed by atoms with Crippen molar-refractivity contribution >= 4 is 34.5 Å². The van der Waals surface area contributed by atoms with Crippen molar-refractivity contribution in [3.63, 3.8) is 0 Å². The van der Waals surface area contributed by atoms with Gasteiger partial charge >= 0.3 is 5.97 Å². The highest BCUT2D eigenvalue weighted by atomic mass is 127. The van der Waals surface area contributed by atoms with Gasteiger partial charge in [0.05, 0.1) is 13.2 Å². The van der Waals surface area contributed by atoms with Gasteiger partial charge in [-0.3, -0.25) is 14.4 Å². The van der Waals surface area contributed by atoms with Gasteiger partial charge in [-0.15, -0.1) is 0 Å². The maximum atomic E-state index is 13.8. The molecule has 7 rings (SSSR count). The molecule has 10 heteroatoms. The molecule has 9 nitrogen and oxygen atoms in total. The van der Waals surface area contributed by atoms with Crippen molar-refractivity contribution < 1.29 is 33.7 Å². The summed E-state index contributed by atoms with van der Waals surface area (Å²) in [5.74, 6) is -0.746. The van der Waals surface area contributed by atoms with Gasteiger partial charge in [-0.05, 0) is 59.9 Å². The fourth-order valence-corrected chi connectivity index (χ4v) is 7.35. The van der Waals surface area contributed by atoms with Crippen LogP contribution in [0.4, 0.5) is 0 Å². The van der Waals surface area contributed by atoms with E-state index in [4.69, 9.17) is 19.0 Å². The van der Waals surface area contributed by atoms with Crippen LogP contribution in [0.5, 0.6) is 0 Å². The number of fused-ring (bicyclic) bond motifs is 4. The van der Waals surface area contributed by atoms with Gasteiger partial charge in [0.25, 0.3) is 0 Å². The van der Waals surface area contributed by atoms with Crippen LogP contribution in [0.1, 0.15) is 37.7 Å². The Balaban J connectivity index is 1.29. The molecule has 6 atom stereocenters. The predicted octanol–water partition coefficient (Wildman–Crippen LogP) is 1.50. The van der Waals surface area contributed by atoms with Crippen molar-refractivity contribution in [2.75, 3.05) is 13.2 Å². The highest BCUT2D eigenvalue weighted by Crippen LogP contribution is 2.63. The van der Waals surface area contributed by atoms with Crippen molar-refractivity contribution in [1.82, 2.24) is 10.4 Å². The number of carbonyl (C=O) groups excluding carboxylic acids is 2. The summed E-state index contributed by atoms with van der Waals surface area (Å²) in [6, 6.07) is 7.00. The maximum Gasteiger partial charge on any atom is 0.327 e. The molecule has 6 aliphatic rings. The number of hydrogen-bond donors (Lipinski definition) is 2. The van der Waals surface area contributed by atoms with Gasteiger partial charge in [0.1, 0.15) is 29.8 Å². The number of halogens is 1. The molecule has 2 bridgehead atoms. The highest BCUT2D eigenvalue weighted by molar-refractivity contribution is 14.1. The molecule has 3 saturated carbocycles. The number of rotatable bonds is 7. The van der Waals surface area contributed by atoms with E-state index in [-0.39, 0.29) is 19.1 Å². The van der Waals surface area contributed by atoms with E-state index in [0.29, 0.717) is 24.8 Å². The number of nitrogens with zero attached hydrogens (tertiary/aromatic N) is 1. The number of esters is 1. The largest absolute Gasteiger partial charge is 0.458 e. The fourth-order valence-electron chi connectivity index (χ4n) is 6.80. The first-order chi connectivity index (χ1) is 17.0. The average Bonchev–Trinajstić information content (AvgIpc) is 3.78. The van der Waals surface area contributed by atoms with E-state index in [0.717, 1.165) is 34.8 Å². The molecule has 1 aromatic carbocycles. The molecular formula is C25H29IN2O7. The summed E-state index contributed by atoms with van der Waals surface area (Å²) in [5, 5.41) is 13.8. The molecule has 1 amide bonds. The Morgan fingerprint density at radius 3 is 2.54 bits per heavy atom. The third kappa shape index (κ3) is 3.29. The van der Waals surface area contributed by atoms with Crippen LogP contribution >= 0.6 is 22.6 Å². The zero-order valence-electron chi connectivity index (χ0n) is 19.2. The van der Waals surface area contributed by atoms with Crippen molar-refractivity contribution in [2.45, 2.75) is 74.9 Å². The lowest BCUT2D eigenvalue weighted by molar-refractivity contribution is -0.235. The first kappa shape index (κ1) is 22.9. The summed E-state index contributed by atoms with van der Waals surface area (Å²) in [7, 11) is 0. The fraction of sp³-hybridized carbons (Fsp3) is 0.680. The monoisotopic (exact) mass is 596 g/mol. The number of ether oxygens (including phenoxy) is 3. The van der Waals surface area contributed by atoms with Crippen LogP contribution in [0.2, 0.25) is 0 Å². The summed E-state index contributed by atoms with van der Waals surface area (Å²) >= 11 is 2.27. The van der Waals surface area contributed by atoms with Gasteiger partial charge in [-0.1, -0.05) is 18.2 Å². The van der Waals surface area contributed by atoms with Crippen LogP contribution in [0, 0.1) is 20.8 Å². The standard InChI is InChI=1S/C25H29IN2O7/c26-16-4-2-1-3-13(16)12-28-20-22(30)32-17-11-24(20,23(31)27-9-10-29)21(35-28)19-18(17)33-25(34-19,14-5-6-14)15-7-8-15/h1-4,14-15,17-21,29H,5-12H2,(H,27,31).